The van der Waals surface area contributed by atoms with Crippen molar-refractivity contribution in [3.63, 3.8) is 0 Å². The third-order valence-electron chi connectivity index (χ3n) is 3.08. The molecule has 0 unspecified atom stereocenters. The highest BCUT2D eigenvalue weighted by Gasteiger charge is 2.09. The average molecular weight is 259 g/mol. The van der Waals surface area contributed by atoms with Gasteiger partial charge >= 0.3 is 0 Å². The third kappa shape index (κ3) is 3.08. The predicted octanol–water partition coefficient (Wildman–Crippen LogP) is 3.33. The maximum Gasteiger partial charge on any atom is 0.200 e. The minimum Gasteiger partial charge on any atom is -0.494 e. The first-order valence-corrected chi connectivity index (χ1v) is 6.80. The minimum atomic E-state index is 0.581. The summed E-state index contributed by atoms with van der Waals surface area (Å²) in [6.45, 7) is 5.74. The molecule has 1 aromatic heterocycles. The van der Waals surface area contributed by atoms with E-state index in [-0.39, 0.29) is 0 Å². The van der Waals surface area contributed by atoms with Crippen LogP contribution < -0.4 is 10.5 Å². The molecule has 19 heavy (non-hydrogen) atoms. The average Bonchev–Trinajstić information content (AvgIpc) is 2.79. The number of nitrogens with two attached hydrogens (primary N) is 1. The van der Waals surface area contributed by atoms with Gasteiger partial charge in [0, 0.05) is 12.1 Å². The molecule has 0 spiro atoms. The summed E-state index contributed by atoms with van der Waals surface area (Å²) in [5.74, 6) is 1.47. The molecular weight excluding hydrogens is 238 g/mol. The van der Waals surface area contributed by atoms with Crippen molar-refractivity contribution in [1.29, 1.82) is 0 Å². The maximum absolute atomic E-state index is 5.92. The van der Waals surface area contributed by atoms with Crippen LogP contribution in [0.15, 0.2) is 30.5 Å². The summed E-state index contributed by atoms with van der Waals surface area (Å²) in [6, 6.07) is 8.05. The Bertz CT molecular complexity index is 517. The zero-order valence-corrected chi connectivity index (χ0v) is 11.6. The Hall–Kier alpha value is -1.97. The molecule has 0 saturated carbocycles. The molecule has 0 bridgehead atoms. The molecule has 0 radical (unpaired) electrons. The van der Waals surface area contributed by atoms with E-state index in [1.165, 1.54) is 0 Å². The van der Waals surface area contributed by atoms with Gasteiger partial charge in [0.2, 0.25) is 5.95 Å². The van der Waals surface area contributed by atoms with Gasteiger partial charge in [0.25, 0.3) is 0 Å². The second-order valence-electron chi connectivity index (χ2n) is 4.46. The number of imidazole rings is 1. The van der Waals surface area contributed by atoms with Crippen LogP contribution in [0.25, 0.3) is 11.3 Å². The van der Waals surface area contributed by atoms with Crippen LogP contribution in [0.2, 0.25) is 0 Å². The van der Waals surface area contributed by atoms with E-state index in [9.17, 15) is 0 Å². The quantitative estimate of drug-likeness (QED) is 0.865. The Morgan fingerprint density at radius 1 is 1.21 bits per heavy atom. The van der Waals surface area contributed by atoms with E-state index >= 15 is 0 Å². The molecule has 0 atom stereocenters. The van der Waals surface area contributed by atoms with Crippen LogP contribution in [-0.4, -0.2) is 16.2 Å². The Morgan fingerprint density at radius 3 is 2.58 bits per heavy atom. The summed E-state index contributed by atoms with van der Waals surface area (Å²) in [6.07, 6.45) is 4.08. The molecule has 0 aliphatic rings. The highest BCUT2D eigenvalue weighted by Crippen LogP contribution is 2.24. The highest BCUT2D eigenvalue weighted by molar-refractivity contribution is 5.62. The van der Waals surface area contributed by atoms with Gasteiger partial charge < -0.3 is 15.0 Å². The highest BCUT2D eigenvalue weighted by atomic mass is 16.5. The lowest BCUT2D eigenvalue weighted by Crippen LogP contribution is -2.05. The Morgan fingerprint density at radius 2 is 1.95 bits per heavy atom. The number of hydrogen-bond donors (Lipinski definition) is 1. The van der Waals surface area contributed by atoms with E-state index in [0.717, 1.165) is 36.4 Å². The van der Waals surface area contributed by atoms with Crippen molar-refractivity contribution in [2.45, 2.75) is 33.2 Å². The van der Waals surface area contributed by atoms with Gasteiger partial charge in [-0.15, -0.1) is 0 Å². The molecule has 0 aliphatic heterocycles. The van der Waals surface area contributed by atoms with Gasteiger partial charge in [-0.25, -0.2) is 4.98 Å². The van der Waals surface area contributed by atoms with E-state index in [0.29, 0.717) is 12.6 Å². The number of benzene rings is 1. The van der Waals surface area contributed by atoms with Crippen molar-refractivity contribution in [3.8, 4) is 17.0 Å². The first kappa shape index (κ1) is 13.5. The molecule has 0 saturated heterocycles. The van der Waals surface area contributed by atoms with Crippen LogP contribution in [0, 0.1) is 0 Å². The minimum absolute atomic E-state index is 0.581. The lowest BCUT2D eigenvalue weighted by atomic mass is 10.1. The fraction of sp³-hybridized carbons (Fsp3) is 0.400. The van der Waals surface area contributed by atoms with Crippen molar-refractivity contribution in [1.82, 2.24) is 9.55 Å². The largest absolute Gasteiger partial charge is 0.494 e. The summed E-state index contributed by atoms with van der Waals surface area (Å²) in [5, 5.41) is 0. The Labute approximate surface area is 114 Å². The number of nitrogens with zero attached hydrogens (tertiary/aromatic N) is 2. The van der Waals surface area contributed by atoms with E-state index in [1.54, 1.807) is 0 Å². The second-order valence-corrected chi connectivity index (χ2v) is 4.46. The SMILES string of the molecule is CCCCn1c(-c2ccc(OCC)cc2)cnc1N. The molecule has 0 fully saturated rings. The molecule has 1 aromatic carbocycles. The topological polar surface area (TPSA) is 53.1 Å². The normalized spacial score (nSPS) is 10.6. The number of nitrogen functional groups attached to an aromatic ring is 1. The number of hydrogen-bond acceptors (Lipinski definition) is 3. The fourth-order valence-electron chi connectivity index (χ4n) is 2.06. The van der Waals surface area contributed by atoms with Crippen molar-refractivity contribution < 1.29 is 4.74 Å². The molecule has 0 aliphatic carbocycles. The molecule has 1 heterocycles. The van der Waals surface area contributed by atoms with Crippen LogP contribution in [0.4, 0.5) is 5.95 Å². The number of ether oxygens (including phenoxy) is 1. The number of rotatable bonds is 6. The van der Waals surface area contributed by atoms with Crippen LogP contribution in [0.5, 0.6) is 5.75 Å². The van der Waals surface area contributed by atoms with Gasteiger partial charge in [-0.1, -0.05) is 13.3 Å². The predicted molar refractivity (Wildman–Crippen MR) is 78.2 cm³/mol. The Balaban J connectivity index is 2.25. The molecule has 4 heteroatoms. The van der Waals surface area contributed by atoms with Gasteiger partial charge in [-0.05, 0) is 37.6 Å². The van der Waals surface area contributed by atoms with Crippen LogP contribution in [0.3, 0.4) is 0 Å². The number of unbranched alkanes of at least 4 members (excludes halogenated alkanes) is 1. The van der Waals surface area contributed by atoms with Crippen molar-refractivity contribution in [2.75, 3.05) is 12.3 Å². The smallest absolute Gasteiger partial charge is 0.200 e. The zero-order valence-electron chi connectivity index (χ0n) is 11.6. The maximum atomic E-state index is 5.92. The summed E-state index contributed by atoms with van der Waals surface area (Å²) < 4.78 is 7.52. The van der Waals surface area contributed by atoms with E-state index < -0.39 is 0 Å². The van der Waals surface area contributed by atoms with Gasteiger partial charge in [0.1, 0.15) is 5.75 Å². The number of aromatic nitrogens is 2. The third-order valence-corrected chi connectivity index (χ3v) is 3.08. The van der Waals surface area contributed by atoms with Crippen LogP contribution in [-0.2, 0) is 6.54 Å². The van der Waals surface area contributed by atoms with E-state index in [2.05, 4.69) is 16.5 Å². The summed E-state index contributed by atoms with van der Waals surface area (Å²) in [4.78, 5) is 4.21. The molecule has 102 valence electrons. The molecule has 0 amide bonds. The standard InChI is InChI=1S/C15H21N3O/c1-3-5-10-18-14(11-17-15(18)16)12-6-8-13(9-7-12)19-4-2/h6-9,11H,3-5,10H2,1-2H3,(H2,16,17). The zero-order chi connectivity index (χ0) is 13.7. The van der Waals surface area contributed by atoms with Gasteiger partial charge in [-0.2, -0.15) is 0 Å². The van der Waals surface area contributed by atoms with E-state index in [4.69, 9.17) is 10.5 Å². The second kappa shape index (κ2) is 6.27. The van der Waals surface area contributed by atoms with Gasteiger partial charge in [0.15, 0.2) is 0 Å². The van der Waals surface area contributed by atoms with Crippen molar-refractivity contribution in [2.24, 2.45) is 0 Å². The monoisotopic (exact) mass is 259 g/mol. The van der Waals surface area contributed by atoms with Crippen LogP contribution >= 0.6 is 0 Å². The first-order valence-electron chi connectivity index (χ1n) is 6.80. The van der Waals surface area contributed by atoms with Crippen molar-refractivity contribution in [3.05, 3.63) is 30.5 Å². The molecule has 2 N–H and O–H groups in total. The van der Waals surface area contributed by atoms with Crippen LogP contribution in [0.1, 0.15) is 26.7 Å². The van der Waals surface area contributed by atoms with Crippen molar-refractivity contribution >= 4 is 5.95 Å². The van der Waals surface area contributed by atoms with E-state index in [1.807, 2.05) is 37.4 Å². The Kier molecular flexibility index (Phi) is 4.44. The molecule has 4 nitrogen and oxygen atoms in total. The molecule has 2 aromatic rings. The lowest BCUT2D eigenvalue weighted by Gasteiger charge is -2.10. The van der Waals surface area contributed by atoms with Gasteiger partial charge in [0.05, 0.1) is 18.5 Å². The molecular formula is C15H21N3O. The first-order chi connectivity index (χ1) is 9.26. The molecule has 2 rings (SSSR count). The fourth-order valence-corrected chi connectivity index (χ4v) is 2.06. The lowest BCUT2D eigenvalue weighted by molar-refractivity contribution is 0.340. The van der Waals surface area contributed by atoms with Gasteiger partial charge in [-0.3, -0.25) is 0 Å². The summed E-state index contributed by atoms with van der Waals surface area (Å²) >= 11 is 0. The summed E-state index contributed by atoms with van der Waals surface area (Å²) in [7, 11) is 0. The summed E-state index contributed by atoms with van der Waals surface area (Å²) in [5.41, 5.74) is 8.10. The number of anilines is 1.